The minimum absolute atomic E-state index is 0.00880. The second-order valence-corrected chi connectivity index (χ2v) is 10.6. The molecule has 2 fully saturated rings. The number of ether oxygens (including phenoxy) is 1. The fourth-order valence-electron chi connectivity index (χ4n) is 3.61. The predicted octanol–water partition coefficient (Wildman–Crippen LogP) is 2.81. The van der Waals surface area contributed by atoms with Gasteiger partial charge in [-0.2, -0.15) is 4.99 Å². The fraction of sp³-hybridized carbons (Fsp3) is 0.286. The molecule has 2 heterocycles. The van der Waals surface area contributed by atoms with Crippen molar-refractivity contribution in [2.24, 2.45) is 4.99 Å². The smallest absolute Gasteiger partial charge is 0.279 e. The molecule has 4 rings (SSSR count). The van der Waals surface area contributed by atoms with Crippen LogP contribution in [-0.2, 0) is 9.84 Å². The first-order chi connectivity index (χ1) is 14.3. The summed E-state index contributed by atoms with van der Waals surface area (Å²) >= 11 is 1.31. The number of ketones is 1. The molecular formula is C21H20N2O5S2. The zero-order valence-corrected chi connectivity index (χ0v) is 18.1. The minimum atomic E-state index is -3.15. The Kier molecular flexibility index (Phi) is 5.42. The van der Waals surface area contributed by atoms with E-state index in [1.54, 1.807) is 55.6 Å². The van der Waals surface area contributed by atoms with Gasteiger partial charge in [-0.25, -0.2) is 8.42 Å². The van der Waals surface area contributed by atoms with Gasteiger partial charge in [0, 0.05) is 22.1 Å². The van der Waals surface area contributed by atoms with Crippen LogP contribution in [0.3, 0.4) is 0 Å². The zero-order chi connectivity index (χ0) is 21.5. The molecule has 1 amide bonds. The molecule has 0 spiro atoms. The standard InChI is InChI=1S/C21H20N2O5S2/c1-13(24)14-3-7-16(8-4-14)23-18-11-30(26,27)12-19(18)29-21(23)22-20(25)15-5-9-17(28-2)10-6-15/h3-10,18-19H,11-12H2,1-2H3/t18-,19+/m0/s1. The molecule has 0 unspecified atom stereocenters. The number of rotatable bonds is 4. The molecule has 0 aliphatic carbocycles. The van der Waals surface area contributed by atoms with E-state index < -0.39 is 15.7 Å². The van der Waals surface area contributed by atoms with E-state index in [9.17, 15) is 18.0 Å². The van der Waals surface area contributed by atoms with E-state index >= 15 is 0 Å². The molecule has 2 aliphatic heterocycles. The first kappa shape index (κ1) is 20.6. The van der Waals surface area contributed by atoms with E-state index in [0.717, 1.165) is 0 Å². The number of Topliss-reactive ketones (excluding diaryl/α,β-unsaturated/α-hetero) is 1. The highest BCUT2D eigenvalue weighted by atomic mass is 32.2. The highest BCUT2D eigenvalue weighted by Crippen LogP contribution is 2.41. The molecule has 2 saturated heterocycles. The molecule has 2 atom stereocenters. The third kappa shape index (κ3) is 3.99. The Morgan fingerprint density at radius 3 is 2.27 bits per heavy atom. The number of fused-ring (bicyclic) bond motifs is 1. The van der Waals surface area contributed by atoms with Gasteiger partial charge in [-0.15, -0.1) is 0 Å². The Morgan fingerprint density at radius 2 is 1.67 bits per heavy atom. The number of benzene rings is 2. The maximum Gasteiger partial charge on any atom is 0.279 e. The number of amides is 1. The van der Waals surface area contributed by atoms with Gasteiger partial charge in [-0.1, -0.05) is 11.8 Å². The second-order valence-electron chi connectivity index (χ2n) is 7.20. The summed E-state index contributed by atoms with van der Waals surface area (Å²) in [6.07, 6.45) is 0. The summed E-state index contributed by atoms with van der Waals surface area (Å²) in [6, 6.07) is 13.3. The number of aliphatic imine (C=N–C) groups is 1. The van der Waals surface area contributed by atoms with E-state index in [1.165, 1.54) is 18.7 Å². The Hall–Kier alpha value is -2.65. The topological polar surface area (TPSA) is 93.1 Å². The molecule has 0 radical (unpaired) electrons. The lowest BCUT2D eigenvalue weighted by molar-refractivity contribution is 0.0998. The maximum atomic E-state index is 12.7. The van der Waals surface area contributed by atoms with Crippen LogP contribution >= 0.6 is 11.8 Å². The number of carbonyl (C=O) groups excluding carboxylic acids is 2. The molecule has 7 nitrogen and oxygen atoms in total. The molecule has 0 bridgehead atoms. The van der Waals surface area contributed by atoms with Gasteiger partial charge in [-0.3, -0.25) is 9.59 Å². The van der Waals surface area contributed by atoms with E-state index in [0.29, 0.717) is 27.7 Å². The van der Waals surface area contributed by atoms with Gasteiger partial charge in [-0.05, 0) is 55.5 Å². The average Bonchev–Trinajstić information content (AvgIpc) is 3.18. The quantitative estimate of drug-likeness (QED) is 0.670. The van der Waals surface area contributed by atoms with Crippen molar-refractivity contribution in [2.45, 2.75) is 18.2 Å². The summed E-state index contributed by atoms with van der Waals surface area (Å²) in [4.78, 5) is 30.4. The summed E-state index contributed by atoms with van der Waals surface area (Å²) in [5, 5.41) is 0.279. The van der Waals surface area contributed by atoms with Crippen molar-refractivity contribution in [3.63, 3.8) is 0 Å². The normalized spacial score (nSPS) is 23.4. The molecule has 2 aromatic carbocycles. The van der Waals surface area contributed by atoms with Crippen molar-refractivity contribution in [3.05, 3.63) is 59.7 Å². The highest BCUT2D eigenvalue weighted by Gasteiger charge is 2.49. The van der Waals surface area contributed by atoms with Crippen LogP contribution in [0.25, 0.3) is 0 Å². The first-order valence-electron chi connectivity index (χ1n) is 9.32. The number of anilines is 1. The van der Waals surface area contributed by atoms with Crippen molar-refractivity contribution < 1.29 is 22.7 Å². The van der Waals surface area contributed by atoms with E-state index in [2.05, 4.69) is 4.99 Å². The highest BCUT2D eigenvalue weighted by molar-refractivity contribution is 8.16. The predicted molar refractivity (Wildman–Crippen MR) is 118 cm³/mol. The SMILES string of the molecule is COc1ccc(C(=O)N=C2S[C@@H]3CS(=O)(=O)C[C@@H]3N2c2ccc(C(C)=O)cc2)cc1. The minimum Gasteiger partial charge on any atom is -0.497 e. The summed E-state index contributed by atoms with van der Waals surface area (Å²) < 4.78 is 29.5. The largest absolute Gasteiger partial charge is 0.497 e. The number of hydrogen-bond acceptors (Lipinski definition) is 6. The zero-order valence-electron chi connectivity index (χ0n) is 16.4. The summed E-state index contributed by atoms with van der Waals surface area (Å²) in [7, 11) is -1.60. The van der Waals surface area contributed by atoms with Crippen LogP contribution in [0.5, 0.6) is 5.75 Å². The van der Waals surface area contributed by atoms with Crippen LogP contribution in [-0.4, -0.2) is 55.2 Å². The molecule has 2 aliphatic rings. The molecule has 0 saturated carbocycles. The Bertz CT molecular complexity index is 1120. The van der Waals surface area contributed by atoms with Gasteiger partial charge in [0.05, 0.1) is 24.7 Å². The van der Waals surface area contributed by atoms with Gasteiger partial charge >= 0.3 is 0 Å². The third-order valence-electron chi connectivity index (χ3n) is 5.15. The van der Waals surface area contributed by atoms with Gasteiger partial charge in [0.15, 0.2) is 20.8 Å². The fourth-order valence-corrected chi connectivity index (χ4v) is 7.52. The second kappa shape index (κ2) is 7.88. The van der Waals surface area contributed by atoms with Crippen LogP contribution in [0.15, 0.2) is 53.5 Å². The van der Waals surface area contributed by atoms with Crippen molar-refractivity contribution in [1.82, 2.24) is 0 Å². The molecular weight excluding hydrogens is 424 g/mol. The third-order valence-corrected chi connectivity index (χ3v) is 8.36. The molecule has 30 heavy (non-hydrogen) atoms. The first-order valence-corrected chi connectivity index (χ1v) is 12.0. The monoisotopic (exact) mass is 444 g/mol. The Balaban J connectivity index is 1.69. The number of methoxy groups -OCH3 is 1. The number of thioether (sulfide) groups is 1. The molecule has 156 valence electrons. The van der Waals surface area contributed by atoms with Crippen LogP contribution in [0.4, 0.5) is 5.69 Å². The van der Waals surface area contributed by atoms with E-state index in [1.807, 2.05) is 4.90 Å². The van der Waals surface area contributed by atoms with Gasteiger partial charge in [0.25, 0.3) is 5.91 Å². The average molecular weight is 445 g/mol. The van der Waals surface area contributed by atoms with E-state index in [4.69, 9.17) is 4.74 Å². The van der Waals surface area contributed by atoms with Gasteiger partial charge in [0.2, 0.25) is 0 Å². The van der Waals surface area contributed by atoms with Crippen molar-refractivity contribution in [1.29, 1.82) is 0 Å². The molecule has 0 N–H and O–H groups in total. The summed E-state index contributed by atoms with van der Waals surface area (Å²) in [5.74, 6) is 0.242. The number of carbonyl (C=O) groups is 2. The van der Waals surface area contributed by atoms with Crippen molar-refractivity contribution in [2.75, 3.05) is 23.5 Å². The Morgan fingerprint density at radius 1 is 1.03 bits per heavy atom. The number of amidine groups is 1. The molecule has 2 aromatic rings. The summed E-state index contributed by atoms with van der Waals surface area (Å²) in [6.45, 7) is 1.49. The van der Waals surface area contributed by atoms with Crippen LogP contribution in [0.1, 0.15) is 27.6 Å². The molecule has 0 aromatic heterocycles. The lowest BCUT2D eigenvalue weighted by Crippen LogP contribution is -2.37. The van der Waals surface area contributed by atoms with Crippen LogP contribution < -0.4 is 9.64 Å². The maximum absolute atomic E-state index is 12.7. The number of nitrogens with zero attached hydrogens (tertiary/aromatic N) is 2. The lowest BCUT2D eigenvalue weighted by atomic mass is 10.1. The Labute approximate surface area is 179 Å². The van der Waals surface area contributed by atoms with Crippen LogP contribution in [0, 0.1) is 0 Å². The number of sulfone groups is 1. The lowest BCUT2D eigenvalue weighted by Gasteiger charge is -2.24. The van der Waals surface area contributed by atoms with Crippen molar-refractivity contribution >= 4 is 44.1 Å². The van der Waals surface area contributed by atoms with E-state index in [-0.39, 0.29) is 28.6 Å². The molecule has 9 heteroatoms. The van der Waals surface area contributed by atoms with Crippen molar-refractivity contribution in [3.8, 4) is 5.75 Å². The van der Waals surface area contributed by atoms with Gasteiger partial charge < -0.3 is 9.64 Å². The van der Waals surface area contributed by atoms with Crippen LogP contribution in [0.2, 0.25) is 0 Å². The van der Waals surface area contributed by atoms with Gasteiger partial charge in [0.1, 0.15) is 5.75 Å². The number of hydrogen-bond donors (Lipinski definition) is 0. The summed E-state index contributed by atoms with van der Waals surface area (Å²) in [5.41, 5.74) is 1.69.